The van der Waals surface area contributed by atoms with Gasteiger partial charge in [-0.3, -0.25) is 19.3 Å². The highest BCUT2D eigenvalue weighted by molar-refractivity contribution is 6.07. The SMILES string of the molecule is CC(C)(C)OC(=O)NN=Cc1ccc(C(=O)N2CCC3(CC2)NC(=O)N(CCCC(=O)O)C3=O)cc1. The van der Waals surface area contributed by atoms with E-state index in [1.807, 2.05) is 0 Å². The van der Waals surface area contributed by atoms with Crippen LogP contribution in [0.3, 0.4) is 0 Å². The van der Waals surface area contributed by atoms with Gasteiger partial charge in [-0.2, -0.15) is 5.10 Å². The number of hydrogen-bond donors (Lipinski definition) is 3. The van der Waals surface area contributed by atoms with E-state index in [0.717, 1.165) is 4.90 Å². The van der Waals surface area contributed by atoms with E-state index in [4.69, 9.17) is 9.84 Å². The fraction of sp³-hybridized carbons (Fsp3) is 0.500. The lowest BCUT2D eigenvalue weighted by Crippen LogP contribution is -2.55. The summed E-state index contributed by atoms with van der Waals surface area (Å²) >= 11 is 0. The number of aliphatic carboxylic acids is 1. The number of likely N-dealkylation sites (tertiary alicyclic amines) is 1. The van der Waals surface area contributed by atoms with Crippen LogP contribution in [0.4, 0.5) is 9.59 Å². The van der Waals surface area contributed by atoms with Gasteiger partial charge in [0.2, 0.25) is 0 Å². The first kappa shape index (κ1) is 26.6. The summed E-state index contributed by atoms with van der Waals surface area (Å²) in [6, 6.07) is 6.15. The molecule has 1 spiro atoms. The Morgan fingerprint density at radius 3 is 2.39 bits per heavy atom. The fourth-order valence-electron chi connectivity index (χ4n) is 4.05. The van der Waals surface area contributed by atoms with Crippen LogP contribution in [0.1, 0.15) is 62.4 Å². The van der Waals surface area contributed by atoms with Crippen LogP contribution < -0.4 is 10.7 Å². The highest BCUT2D eigenvalue weighted by Gasteiger charge is 2.52. The van der Waals surface area contributed by atoms with Gasteiger partial charge in [0, 0.05) is 31.6 Å². The van der Waals surface area contributed by atoms with Gasteiger partial charge in [0.05, 0.1) is 6.21 Å². The molecule has 0 bridgehead atoms. The van der Waals surface area contributed by atoms with Crippen LogP contribution in [0, 0.1) is 0 Å². The van der Waals surface area contributed by atoms with Crippen molar-refractivity contribution in [3.63, 3.8) is 0 Å². The summed E-state index contributed by atoms with van der Waals surface area (Å²) in [7, 11) is 0. The zero-order valence-corrected chi connectivity index (χ0v) is 20.6. The summed E-state index contributed by atoms with van der Waals surface area (Å²) in [5, 5.41) is 15.4. The maximum Gasteiger partial charge on any atom is 0.428 e. The Morgan fingerprint density at radius 2 is 1.81 bits per heavy atom. The summed E-state index contributed by atoms with van der Waals surface area (Å²) < 4.78 is 5.09. The Labute approximate surface area is 208 Å². The van der Waals surface area contributed by atoms with Crippen molar-refractivity contribution in [1.29, 1.82) is 0 Å². The average Bonchev–Trinajstić information content (AvgIpc) is 3.02. The Morgan fingerprint density at radius 1 is 1.17 bits per heavy atom. The lowest BCUT2D eigenvalue weighted by Gasteiger charge is -2.37. The number of nitrogens with zero attached hydrogens (tertiary/aromatic N) is 3. The van der Waals surface area contributed by atoms with Gasteiger partial charge in [-0.15, -0.1) is 0 Å². The highest BCUT2D eigenvalue weighted by atomic mass is 16.6. The molecule has 0 aromatic heterocycles. The van der Waals surface area contributed by atoms with Crippen molar-refractivity contribution >= 4 is 36.1 Å². The van der Waals surface area contributed by atoms with Gasteiger partial charge in [0.25, 0.3) is 11.8 Å². The number of hydrogen-bond acceptors (Lipinski definition) is 7. The van der Waals surface area contributed by atoms with E-state index < -0.39 is 29.2 Å². The van der Waals surface area contributed by atoms with E-state index in [2.05, 4.69) is 15.8 Å². The van der Waals surface area contributed by atoms with Gasteiger partial charge in [0.1, 0.15) is 11.1 Å². The first-order valence-corrected chi connectivity index (χ1v) is 11.7. The normalized spacial score (nSPS) is 17.4. The second kappa shape index (κ2) is 10.8. The molecule has 3 rings (SSSR count). The minimum atomic E-state index is -1.06. The molecule has 5 amide bonds. The van der Waals surface area contributed by atoms with Crippen molar-refractivity contribution in [3.8, 4) is 0 Å². The van der Waals surface area contributed by atoms with Crippen LogP contribution in [0.25, 0.3) is 0 Å². The number of amides is 5. The molecule has 1 aromatic carbocycles. The van der Waals surface area contributed by atoms with Crippen LogP contribution in [-0.4, -0.2) is 81.8 Å². The Hall–Kier alpha value is -3.96. The summed E-state index contributed by atoms with van der Waals surface area (Å²) in [5.41, 5.74) is 1.71. The molecule has 2 fully saturated rings. The third-order valence-electron chi connectivity index (χ3n) is 5.85. The summed E-state index contributed by atoms with van der Waals surface area (Å²) in [4.78, 5) is 63.2. The first-order chi connectivity index (χ1) is 16.9. The topological polar surface area (TPSA) is 158 Å². The van der Waals surface area contributed by atoms with Gasteiger partial charge >= 0.3 is 18.1 Å². The molecule has 0 atom stereocenters. The number of ether oxygens (including phenoxy) is 1. The zero-order chi connectivity index (χ0) is 26.5. The van der Waals surface area contributed by atoms with Crippen LogP contribution >= 0.6 is 0 Å². The van der Waals surface area contributed by atoms with Crippen molar-refractivity contribution in [2.45, 2.75) is 57.6 Å². The molecule has 2 saturated heterocycles. The van der Waals surface area contributed by atoms with E-state index >= 15 is 0 Å². The monoisotopic (exact) mass is 501 g/mol. The molecule has 2 aliphatic rings. The van der Waals surface area contributed by atoms with Crippen molar-refractivity contribution in [3.05, 3.63) is 35.4 Å². The molecule has 0 unspecified atom stereocenters. The number of urea groups is 1. The van der Waals surface area contributed by atoms with E-state index in [0.29, 0.717) is 11.1 Å². The Balaban J connectivity index is 1.52. The minimum absolute atomic E-state index is 0.0459. The maximum absolute atomic E-state index is 12.9. The predicted octanol–water partition coefficient (Wildman–Crippen LogP) is 1.94. The molecule has 12 heteroatoms. The number of carboxylic acid groups (broad SMARTS) is 1. The molecule has 12 nitrogen and oxygen atoms in total. The van der Waals surface area contributed by atoms with Gasteiger partial charge in [-0.05, 0) is 57.7 Å². The number of hydrazone groups is 1. The Kier molecular flexibility index (Phi) is 7.96. The molecule has 3 N–H and O–H groups in total. The van der Waals surface area contributed by atoms with Crippen LogP contribution in [-0.2, 0) is 14.3 Å². The van der Waals surface area contributed by atoms with Crippen LogP contribution in [0.5, 0.6) is 0 Å². The second-order valence-corrected chi connectivity index (χ2v) is 9.75. The van der Waals surface area contributed by atoms with E-state index in [-0.39, 0.29) is 57.1 Å². The smallest absolute Gasteiger partial charge is 0.428 e. The lowest BCUT2D eigenvalue weighted by molar-refractivity contribution is -0.138. The molecule has 36 heavy (non-hydrogen) atoms. The van der Waals surface area contributed by atoms with E-state index in [9.17, 15) is 24.0 Å². The number of imide groups is 1. The van der Waals surface area contributed by atoms with Gasteiger partial charge in [0.15, 0.2) is 0 Å². The summed E-state index contributed by atoms with van der Waals surface area (Å²) in [6.07, 6.45) is 1.37. The van der Waals surface area contributed by atoms with Crippen molar-refractivity contribution < 1.29 is 33.8 Å². The number of rotatable bonds is 7. The molecule has 2 aliphatic heterocycles. The van der Waals surface area contributed by atoms with Crippen molar-refractivity contribution in [2.75, 3.05) is 19.6 Å². The average molecular weight is 502 g/mol. The summed E-state index contributed by atoms with van der Waals surface area (Å²) in [6.45, 7) is 5.86. The molecule has 0 radical (unpaired) electrons. The zero-order valence-electron chi connectivity index (χ0n) is 20.6. The third-order valence-corrected chi connectivity index (χ3v) is 5.85. The third kappa shape index (κ3) is 6.58. The number of benzene rings is 1. The quantitative estimate of drug-likeness (QED) is 0.293. The molecular weight excluding hydrogens is 470 g/mol. The fourth-order valence-corrected chi connectivity index (χ4v) is 4.05. The molecule has 2 heterocycles. The standard InChI is InChI=1S/C24H31N5O7/c1-23(2,3)36-22(35)27-25-15-16-6-8-17(9-7-16)19(32)28-13-10-24(11-14-28)20(33)29(21(34)26-24)12-4-5-18(30)31/h6-9,15H,4-5,10-14H2,1-3H3,(H,26,34)(H,27,35)(H,30,31). The van der Waals surface area contributed by atoms with E-state index in [1.165, 1.54) is 6.21 Å². The van der Waals surface area contributed by atoms with Crippen molar-refractivity contribution in [2.24, 2.45) is 5.10 Å². The first-order valence-electron chi connectivity index (χ1n) is 11.7. The number of carboxylic acids is 1. The number of carbonyl (C=O) groups excluding carboxylic acids is 4. The van der Waals surface area contributed by atoms with Crippen LogP contribution in [0.15, 0.2) is 29.4 Å². The second-order valence-electron chi connectivity index (χ2n) is 9.75. The molecule has 0 aliphatic carbocycles. The minimum Gasteiger partial charge on any atom is -0.481 e. The molecule has 1 aromatic rings. The number of nitrogens with one attached hydrogen (secondary N) is 2. The largest absolute Gasteiger partial charge is 0.481 e. The molecular formula is C24H31N5O7. The van der Waals surface area contributed by atoms with E-state index in [1.54, 1.807) is 49.9 Å². The Bertz CT molecular complexity index is 1050. The molecule has 0 saturated carbocycles. The summed E-state index contributed by atoms with van der Waals surface area (Å²) in [5.74, 6) is -1.55. The lowest BCUT2D eigenvalue weighted by atomic mass is 9.87. The van der Waals surface area contributed by atoms with Gasteiger partial charge in [-0.25, -0.2) is 15.0 Å². The van der Waals surface area contributed by atoms with Crippen LogP contribution in [0.2, 0.25) is 0 Å². The number of piperidine rings is 1. The predicted molar refractivity (Wildman–Crippen MR) is 128 cm³/mol. The number of carbonyl (C=O) groups is 5. The molecule has 194 valence electrons. The van der Waals surface area contributed by atoms with Crippen molar-refractivity contribution in [1.82, 2.24) is 20.5 Å². The highest BCUT2D eigenvalue weighted by Crippen LogP contribution is 2.30. The van der Waals surface area contributed by atoms with Gasteiger partial charge < -0.3 is 20.1 Å². The maximum atomic E-state index is 12.9. The van der Waals surface area contributed by atoms with Gasteiger partial charge in [-0.1, -0.05) is 12.1 Å².